The molecule has 0 aromatic carbocycles. The van der Waals surface area contributed by atoms with Crippen molar-refractivity contribution in [1.82, 2.24) is 0 Å². The van der Waals surface area contributed by atoms with Gasteiger partial charge in [-0.05, 0) is 0 Å². The minimum atomic E-state index is -5.39. The van der Waals surface area contributed by atoms with Crippen LogP contribution in [0.1, 0.15) is 136 Å². The van der Waals surface area contributed by atoms with Crippen LogP contribution in [0.2, 0.25) is 0 Å². The normalized spacial score (nSPS) is 10.1. The first-order valence-corrected chi connectivity index (χ1v) is 12.6. The van der Waals surface area contributed by atoms with Crippen molar-refractivity contribution in [1.29, 1.82) is 0 Å². The first-order valence-electron chi connectivity index (χ1n) is 11.1. The predicted octanol–water partition coefficient (Wildman–Crippen LogP) is -3.37. The van der Waals surface area contributed by atoms with Gasteiger partial charge in [-0.25, -0.2) is 0 Å². The molecule has 0 atom stereocenters. The third kappa shape index (κ3) is 59.2. The Hall–Kier alpha value is 3.11. The van der Waals surface area contributed by atoms with Crippen molar-refractivity contribution in [2.45, 2.75) is 136 Å². The molecule has 0 spiro atoms. The summed E-state index contributed by atoms with van der Waals surface area (Å²) < 4.78 is 8.55. The average Bonchev–Trinajstić information content (AvgIpc) is 2.56. The standard InChI is InChI=1S/C21H44.3Na.H3O4P/c1-3-5-7-9-11-13-15-17-19-21-20-18-16-14-12-10-8-6-4-2;;;;1-5(2,3)4/h3-21H2,1-2H3;;;;(H3,1,2,3,4)/q;3*+1;/p-3. The summed E-state index contributed by atoms with van der Waals surface area (Å²) in [6.07, 6.45) is 27.9. The molecule has 0 aromatic rings. The maximum atomic E-state index is 8.55. The predicted molar refractivity (Wildman–Crippen MR) is 107 cm³/mol. The maximum Gasteiger partial charge on any atom is 1.00 e. The zero-order valence-electron chi connectivity index (χ0n) is 20.5. The van der Waals surface area contributed by atoms with Crippen molar-refractivity contribution in [3.8, 4) is 0 Å². The molecule has 0 aromatic heterocycles. The first-order chi connectivity index (χ1) is 12.4. The van der Waals surface area contributed by atoms with Crippen LogP contribution >= 0.6 is 7.82 Å². The van der Waals surface area contributed by atoms with E-state index in [2.05, 4.69) is 13.8 Å². The van der Waals surface area contributed by atoms with Gasteiger partial charge >= 0.3 is 88.7 Å². The van der Waals surface area contributed by atoms with Gasteiger partial charge in [-0.2, -0.15) is 7.82 Å². The van der Waals surface area contributed by atoms with Crippen LogP contribution in [-0.2, 0) is 4.57 Å². The van der Waals surface area contributed by atoms with Crippen molar-refractivity contribution in [3.05, 3.63) is 0 Å². The van der Waals surface area contributed by atoms with Crippen LogP contribution in [-0.4, -0.2) is 0 Å². The van der Waals surface area contributed by atoms with E-state index in [1.54, 1.807) is 0 Å². The molecule has 0 unspecified atom stereocenters. The van der Waals surface area contributed by atoms with E-state index in [0.717, 1.165) is 0 Å². The van der Waals surface area contributed by atoms with Crippen LogP contribution in [0.5, 0.6) is 0 Å². The van der Waals surface area contributed by atoms with Crippen molar-refractivity contribution in [2.24, 2.45) is 0 Å². The molecule has 0 amide bonds. The molecular formula is C21H44Na3O4P. The Morgan fingerprint density at radius 3 is 0.621 bits per heavy atom. The number of rotatable bonds is 18. The minimum Gasteiger partial charge on any atom is -0.822 e. The molecule has 0 saturated carbocycles. The molecule has 0 aliphatic heterocycles. The van der Waals surface area contributed by atoms with Gasteiger partial charge in [0.2, 0.25) is 0 Å². The first kappa shape index (κ1) is 42.3. The summed E-state index contributed by atoms with van der Waals surface area (Å²) in [7, 11) is -5.39. The molecule has 29 heavy (non-hydrogen) atoms. The molecule has 0 fully saturated rings. The largest absolute Gasteiger partial charge is 1.00 e. The van der Waals surface area contributed by atoms with Crippen LogP contribution in [0.25, 0.3) is 0 Å². The van der Waals surface area contributed by atoms with Crippen molar-refractivity contribution < 1.29 is 108 Å². The van der Waals surface area contributed by atoms with E-state index in [-0.39, 0.29) is 88.7 Å². The number of unbranched alkanes of at least 4 members (excludes halogenated alkanes) is 18. The van der Waals surface area contributed by atoms with Crippen molar-refractivity contribution >= 4 is 7.82 Å². The maximum absolute atomic E-state index is 8.55. The van der Waals surface area contributed by atoms with Crippen LogP contribution in [0.3, 0.4) is 0 Å². The molecule has 0 bridgehead atoms. The molecule has 160 valence electrons. The molecular weight excluding hydrogens is 416 g/mol. The van der Waals surface area contributed by atoms with Crippen molar-refractivity contribution in [3.63, 3.8) is 0 Å². The van der Waals surface area contributed by atoms with Gasteiger partial charge in [-0.1, -0.05) is 136 Å². The zero-order valence-corrected chi connectivity index (χ0v) is 27.4. The van der Waals surface area contributed by atoms with E-state index in [9.17, 15) is 0 Å². The summed E-state index contributed by atoms with van der Waals surface area (Å²) in [6, 6.07) is 0. The van der Waals surface area contributed by atoms with E-state index in [0.29, 0.717) is 0 Å². The van der Waals surface area contributed by atoms with Gasteiger partial charge in [-0.15, -0.1) is 0 Å². The summed E-state index contributed by atoms with van der Waals surface area (Å²) in [5.74, 6) is 0. The number of phosphoric acid groups is 1. The Balaban J connectivity index is -0.000000213. The number of hydrogen-bond donors (Lipinski definition) is 0. The van der Waals surface area contributed by atoms with E-state index in [4.69, 9.17) is 19.2 Å². The van der Waals surface area contributed by atoms with Gasteiger partial charge in [0.05, 0.1) is 0 Å². The molecule has 0 heterocycles. The topological polar surface area (TPSA) is 86.2 Å². The molecule has 0 rings (SSSR count). The Labute approximate surface area is 248 Å². The van der Waals surface area contributed by atoms with Gasteiger partial charge < -0.3 is 19.2 Å². The van der Waals surface area contributed by atoms with E-state index in [1.807, 2.05) is 0 Å². The number of hydrogen-bond acceptors (Lipinski definition) is 4. The van der Waals surface area contributed by atoms with Gasteiger partial charge in [0.15, 0.2) is 0 Å². The van der Waals surface area contributed by atoms with E-state index < -0.39 is 7.82 Å². The van der Waals surface area contributed by atoms with Gasteiger partial charge in [0, 0.05) is 0 Å². The summed E-state index contributed by atoms with van der Waals surface area (Å²) >= 11 is 0. The molecule has 0 aliphatic carbocycles. The summed E-state index contributed by atoms with van der Waals surface area (Å²) in [4.78, 5) is 25.6. The minimum absolute atomic E-state index is 0. The monoisotopic (exact) mass is 460 g/mol. The van der Waals surface area contributed by atoms with Crippen LogP contribution in [0, 0.1) is 0 Å². The van der Waals surface area contributed by atoms with Crippen LogP contribution in [0.4, 0.5) is 0 Å². The second-order valence-corrected chi connectivity index (χ2v) is 8.35. The summed E-state index contributed by atoms with van der Waals surface area (Å²) in [5.41, 5.74) is 0. The fourth-order valence-electron chi connectivity index (χ4n) is 3.15. The fourth-order valence-corrected chi connectivity index (χ4v) is 3.15. The zero-order chi connectivity index (χ0) is 19.9. The van der Waals surface area contributed by atoms with E-state index in [1.165, 1.54) is 122 Å². The smallest absolute Gasteiger partial charge is 0.822 e. The summed E-state index contributed by atoms with van der Waals surface area (Å²) in [6.45, 7) is 4.60. The van der Waals surface area contributed by atoms with Crippen LogP contribution < -0.4 is 103 Å². The van der Waals surface area contributed by atoms with Crippen LogP contribution in [0.15, 0.2) is 0 Å². The van der Waals surface area contributed by atoms with Gasteiger partial charge in [0.1, 0.15) is 0 Å². The Morgan fingerprint density at radius 1 is 0.414 bits per heavy atom. The molecule has 0 radical (unpaired) electrons. The Bertz CT molecular complexity index is 279. The quantitative estimate of drug-likeness (QED) is 0.121. The third-order valence-corrected chi connectivity index (χ3v) is 4.71. The third-order valence-electron chi connectivity index (χ3n) is 4.71. The Morgan fingerprint density at radius 2 is 0.517 bits per heavy atom. The molecule has 0 N–H and O–H groups in total. The summed E-state index contributed by atoms with van der Waals surface area (Å²) in [5, 5.41) is 0. The second kappa shape index (κ2) is 35.7. The molecule has 8 heteroatoms. The Kier molecular flexibility index (Phi) is 52.0. The fraction of sp³-hybridized carbons (Fsp3) is 1.00. The molecule has 0 saturated heterocycles. The molecule has 4 nitrogen and oxygen atoms in total. The van der Waals surface area contributed by atoms with Gasteiger partial charge in [-0.3, -0.25) is 0 Å². The SMILES string of the molecule is CCCCCCCCCCCCCCCCCCCCC.O=P([O-])([O-])[O-].[Na+].[Na+].[Na+]. The molecule has 0 aliphatic rings. The average molecular weight is 461 g/mol. The van der Waals surface area contributed by atoms with Gasteiger partial charge in [0.25, 0.3) is 0 Å². The second-order valence-electron chi connectivity index (χ2n) is 7.46. The van der Waals surface area contributed by atoms with E-state index >= 15 is 0 Å². The van der Waals surface area contributed by atoms with Crippen molar-refractivity contribution in [2.75, 3.05) is 0 Å².